The van der Waals surface area contributed by atoms with E-state index in [2.05, 4.69) is 15.3 Å². The number of nitrogens with zero attached hydrogens (tertiary/aromatic N) is 2. The number of halogens is 3. The fourth-order valence-electron chi connectivity index (χ4n) is 3.35. The van der Waals surface area contributed by atoms with Crippen molar-refractivity contribution in [3.8, 4) is 0 Å². The van der Waals surface area contributed by atoms with Gasteiger partial charge in [0.05, 0.1) is 12.7 Å². The maximum absolute atomic E-state index is 12.8. The van der Waals surface area contributed by atoms with Gasteiger partial charge in [0.1, 0.15) is 16.4 Å². The Labute approximate surface area is 188 Å². The average Bonchev–Trinajstić information content (AvgIpc) is 2.77. The monoisotopic (exact) mass is 471 g/mol. The predicted octanol–water partition coefficient (Wildman–Crippen LogP) is 6.04. The van der Waals surface area contributed by atoms with E-state index >= 15 is 0 Å². The molecular weight excluding hydrogens is 447 g/mol. The van der Waals surface area contributed by atoms with Gasteiger partial charge in [-0.25, -0.2) is 14.8 Å². The van der Waals surface area contributed by atoms with Gasteiger partial charge in [-0.3, -0.25) is 0 Å². The van der Waals surface area contributed by atoms with Gasteiger partial charge < -0.3 is 10.1 Å². The van der Waals surface area contributed by atoms with Crippen molar-refractivity contribution in [1.82, 2.24) is 9.97 Å². The number of hydrogen-bond acceptors (Lipinski definition) is 7. The molecule has 1 saturated carbocycles. The maximum Gasteiger partial charge on any atom is 0.416 e. The summed E-state index contributed by atoms with van der Waals surface area (Å²) < 4.78 is 43.3. The Bertz CT molecular complexity index is 902. The van der Waals surface area contributed by atoms with Crippen LogP contribution in [0.15, 0.2) is 34.4 Å². The zero-order chi connectivity index (χ0) is 22.4. The summed E-state index contributed by atoms with van der Waals surface area (Å²) in [7, 11) is 1.31. The van der Waals surface area contributed by atoms with Crippen molar-refractivity contribution in [1.29, 1.82) is 0 Å². The second-order valence-electron chi connectivity index (χ2n) is 7.16. The molecule has 0 unspecified atom stereocenters. The molecule has 1 fully saturated rings. The number of nitrogens with one attached hydrogen (secondary N) is 1. The van der Waals surface area contributed by atoms with Crippen molar-refractivity contribution in [2.24, 2.45) is 0 Å². The summed E-state index contributed by atoms with van der Waals surface area (Å²) in [5.74, 6) is -0.217. The van der Waals surface area contributed by atoms with Gasteiger partial charge in [-0.05, 0) is 36.8 Å². The highest BCUT2D eigenvalue weighted by Gasteiger charge is 2.30. The number of thioether (sulfide) groups is 2. The quantitative estimate of drug-likeness (QED) is 0.229. The zero-order valence-corrected chi connectivity index (χ0v) is 18.9. The molecule has 1 aliphatic rings. The molecule has 1 heterocycles. The van der Waals surface area contributed by atoms with Gasteiger partial charge in [0.15, 0.2) is 5.16 Å². The standard InChI is InChI=1S/C21H24F3N3O2S2/c1-29-19(28)16-17(25-12-13-8-10-14(11-9-13)21(22,23)24)26-20(30-2)27-18(16)31-15-6-4-3-5-7-15/h8-11,15H,3-7,12H2,1-2H3,(H,25,26,27). The third-order valence-electron chi connectivity index (χ3n) is 5.00. The SMILES string of the molecule is COC(=O)c1c(NCc2ccc(C(F)(F)F)cc2)nc(SC)nc1SC1CCCCC1. The number of hydrogen-bond donors (Lipinski definition) is 1. The van der Waals surface area contributed by atoms with Crippen molar-refractivity contribution in [2.45, 2.75) is 60.3 Å². The third-order valence-corrected chi connectivity index (χ3v) is 6.87. The number of rotatable bonds is 7. The molecule has 1 N–H and O–H groups in total. The summed E-state index contributed by atoms with van der Waals surface area (Å²) >= 11 is 2.94. The first kappa shape index (κ1) is 23.7. The molecular formula is C21H24F3N3O2S2. The van der Waals surface area contributed by atoms with E-state index in [1.54, 1.807) is 11.8 Å². The van der Waals surface area contributed by atoms with E-state index in [1.165, 1.54) is 37.4 Å². The molecule has 168 valence electrons. The molecule has 2 aromatic rings. The second-order valence-corrected chi connectivity index (χ2v) is 9.22. The molecule has 1 aromatic carbocycles. The van der Waals surface area contributed by atoms with E-state index in [9.17, 15) is 18.0 Å². The second kappa shape index (κ2) is 10.6. The number of esters is 1. The number of aromatic nitrogens is 2. The van der Waals surface area contributed by atoms with E-state index in [0.29, 0.717) is 26.8 Å². The Kier molecular flexibility index (Phi) is 8.10. The van der Waals surface area contributed by atoms with Crippen LogP contribution >= 0.6 is 23.5 Å². The summed E-state index contributed by atoms with van der Waals surface area (Å²) in [6.07, 6.45) is 3.14. The van der Waals surface area contributed by atoms with Crippen LogP contribution in [-0.2, 0) is 17.5 Å². The van der Waals surface area contributed by atoms with Crippen molar-refractivity contribution in [3.63, 3.8) is 0 Å². The lowest BCUT2D eigenvalue weighted by molar-refractivity contribution is -0.137. The highest BCUT2D eigenvalue weighted by atomic mass is 32.2. The summed E-state index contributed by atoms with van der Waals surface area (Å²) in [5.41, 5.74) is 0.196. The highest BCUT2D eigenvalue weighted by Crippen LogP contribution is 2.37. The van der Waals surface area contributed by atoms with E-state index in [4.69, 9.17) is 4.74 Å². The molecule has 0 radical (unpaired) electrons. The lowest BCUT2D eigenvalue weighted by atomic mass is 10.0. The highest BCUT2D eigenvalue weighted by molar-refractivity contribution is 8.00. The van der Waals surface area contributed by atoms with E-state index in [-0.39, 0.29) is 12.1 Å². The van der Waals surface area contributed by atoms with Crippen molar-refractivity contribution in [3.05, 3.63) is 41.0 Å². The van der Waals surface area contributed by atoms with Crippen LogP contribution in [0.3, 0.4) is 0 Å². The van der Waals surface area contributed by atoms with Gasteiger partial charge in [0.25, 0.3) is 0 Å². The van der Waals surface area contributed by atoms with Crippen molar-refractivity contribution < 1.29 is 22.7 Å². The number of alkyl halides is 3. The minimum atomic E-state index is -4.38. The van der Waals surface area contributed by atoms with Crippen LogP contribution in [0.1, 0.15) is 53.6 Å². The van der Waals surface area contributed by atoms with Gasteiger partial charge in [-0.15, -0.1) is 11.8 Å². The number of benzene rings is 1. The van der Waals surface area contributed by atoms with Crippen LogP contribution < -0.4 is 5.32 Å². The lowest BCUT2D eigenvalue weighted by Crippen LogP contribution is -2.16. The number of methoxy groups -OCH3 is 1. The number of ether oxygens (including phenoxy) is 1. The molecule has 10 heteroatoms. The van der Waals surface area contributed by atoms with Gasteiger partial charge >= 0.3 is 12.1 Å². The predicted molar refractivity (Wildman–Crippen MR) is 117 cm³/mol. The number of carbonyl (C=O) groups is 1. The first-order chi connectivity index (χ1) is 14.8. The molecule has 0 aliphatic heterocycles. The summed E-state index contributed by atoms with van der Waals surface area (Å²) in [6, 6.07) is 4.88. The molecule has 0 bridgehead atoms. The maximum atomic E-state index is 12.8. The normalized spacial score (nSPS) is 15.0. The Morgan fingerprint density at radius 1 is 1.16 bits per heavy atom. The van der Waals surface area contributed by atoms with Crippen LogP contribution in [0.2, 0.25) is 0 Å². The topological polar surface area (TPSA) is 64.1 Å². The molecule has 0 amide bonds. The summed E-state index contributed by atoms with van der Waals surface area (Å²) in [6.45, 7) is 0.209. The Morgan fingerprint density at radius 3 is 2.42 bits per heavy atom. The largest absolute Gasteiger partial charge is 0.465 e. The Hall–Kier alpha value is -1.94. The van der Waals surface area contributed by atoms with Gasteiger partial charge in [0.2, 0.25) is 0 Å². The summed E-state index contributed by atoms with van der Waals surface area (Å²) in [4.78, 5) is 21.6. The van der Waals surface area contributed by atoms with E-state index < -0.39 is 17.7 Å². The molecule has 0 atom stereocenters. The Balaban J connectivity index is 1.86. The van der Waals surface area contributed by atoms with Crippen LogP contribution in [0.25, 0.3) is 0 Å². The van der Waals surface area contributed by atoms with Crippen LogP contribution in [-0.4, -0.2) is 34.6 Å². The van der Waals surface area contributed by atoms with E-state index in [0.717, 1.165) is 37.8 Å². The minimum Gasteiger partial charge on any atom is -0.465 e. The molecule has 31 heavy (non-hydrogen) atoms. The smallest absolute Gasteiger partial charge is 0.416 e. The molecule has 0 spiro atoms. The number of anilines is 1. The summed E-state index contributed by atoms with van der Waals surface area (Å²) in [5, 5.41) is 4.57. The first-order valence-electron chi connectivity index (χ1n) is 9.93. The van der Waals surface area contributed by atoms with Crippen LogP contribution in [0, 0.1) is 0 Å². The van der Waals surface area contributed by atoms with Gasteiger partial charge in [-0.2, -0.15) is 13.2 Å². The minimum absolute atomic E-state index is 0.209. The van der Waals surface area contributed by atoms with Crippen molar-refractivity contribution >= 4 is 35.3 Å². The van der Waals surface area contributed by atoms with Gasteiger partial charge in [-0.1, -0.05) is 43.2 Å². The first-order valence-corrected chi connectivity index (χ1v) is 12.0. The molecule has 0 saturated heterocycles. The van der Waals surface area contributed by atoms with Crippen LogP contribution in [0.5, 0.6) is 0 Å². The van der Waals surface area contributed by atoms with E-state index in [1.807, 2.05) is 6.26 Å². The molecule has 3 rings (SSSR count). The Morgan fingerprint density at radius 2 is 1.84 bits per heavy atom. The average molecular weight is 472 g/mol. The number of carbonyl (C=O) groups excluding carboxylic acids is 1. The van der Waals surface area contributed by atoms with Gasteiger partial charge in [0, 0.05) is 11.8 Å². The third kappa shape index (κ3) is 6.29. The zero-order valence-electron chi connectivity index (χ0n) is 17.3. The lowest BCUT2D eigenvalue weighted by Gasteiger charge is -2.22. The van der Waals surface area contributed by atoms with Crippen LogP contribution in [0.4, 0.5) is 19.0 Å². The molecule has 1 aromatic heterocycles. The molecule has 1 aliphatic carbocycles. The fraction of sp³-hybridized carbons (Fsp3) is 0.476. The molecule has 5 nitrogen and oxygen atoms in total. The fourth-order valence-corrected chi connectivity index (χ4v) is 5.09. The van der Waals surface area contributed by atoms with Crippen molar-refractivity contribution in [2.75, 3.05) is 18.7 Å².